The molecule has 2 aromatic carbocycles. The summed E-state index contributed by atoms with van der Waals surface area (Å²) < 4.78 is 24.1. The van der Waals surface area contributed by atoms with Crippen LogP contribution in [0.15, 0.2) is 54.6 Å². The van der Waals surface area contributed by atoms with Gasteiger partial charge < -0.3 is 29.2 Å². The standard InChI is InChI=1S/C31H40O7/c1-20-17-21(2)28(30(33)34)24(18-20)10-8-12-27-29(38-31(4,5)37-27)26(11-7-9-22(3)32)36-19-23-13-15-25(35-6)16-14-23/h7-8,10-11,13-18,22,26-27,29,32H,9,12,19H2,1-6H3,(H,33,34)/b10-8+,11-7-/t22-,26?,27-,29+/m0/s1. The number of carboxylic acids is 1. The Balaban J connectivity index is 1.81. The van der Waals surface area contributed by atoms with Crippen molar-refractivity contribution < 1.29 is 34.0 Å². The summed E-state index contributed by atoms with van der Waals surface area (Å²) in [6.45, 7) is 9.60. The van der Waals surface area contributed by atoms with Crippen LogP contribution in [0.25, 0.3) is 6.08 Å². The molecule has 1 heterocycles. The Labute approximate surface area is 225 Å². The van der Waals surface area contributed by atoms with E-state index in [9.17, 15) is 15.0 Å². The maximum absolute atomic E-state index is 11.8. The largest absolute Gasteiger partial charge is 0.497 e. The van der Waals surface area contributed by atoms with E-state index in [-0.39, 0.29) is 6.10 Å². The predicted octanol–water partition coefficient (Wildman–Crippen LogP) is 5.85. The maximum atomic E-state index is 11.8. The Kier molecular flexibility index (Phi) is 10.3. The second-order valence-corrected chi connectivity index (χ2v) is 10.3. The summed E-state index contributed by atoms with van der Waals surface area (Å²) in [5.74, 6) is -0.982. The summed E-state index contributed by atoms with van der Waals surface area (Å²) in [5.41, 5.74) is 3.68. The molecule has 1 saturated heterocycles. The molecule has 0 saturated carbocycles. The van der Waals surface area contributed by atoms with E-state index in [1.54, 1.807) is 14.0 Å². The highest BCUT2D eigenvalue weighted by Crippen LogP contribution is 2.34. The minimum atomic E-state index is -0.947. The first-order valence-corrected chi connectivity index (χ1v) is 12.9. The molecular weight excluding hydrogens is 484 g/mol. The average molecular weight is 525 g/mol. The van der Waals surface area contributed by atoms with E-state index in [2.05, 4.69) is 0 Å². The smallest absolute Gasteiger partial charge is 0.336 e. The molecular formula is C31H40O7. The van der Waals surface area contributed by atoms with Crippen LogP contribution in [0, 0.1) is 13.8 Å². The van der Waals surface area contributed by atoms with Gasteiger partial charge in [0.2, 0.25) is 0 Å². The van der Waals surface area contributed by atoms with Gasteiger partial charge in [-0.2, -0.15) is 0 Å². The summed E-state index contributed by atoms with van der Waals surface area (Å²) in [4.78, 5) is 11.8. The minimum Gasteiger partial charge on any atom is -0.497 e. The molecule has 3 rings (SSSR count). The van der Waals surface area contributed by atoms with Crippen LogP contribution in [0.1, 0.15) is 66.2 Å². The molecule has 38 heavy (non-hydrogen) atoms. The first-order chi connectivity index (χ1) is 18.0. The van der Waals surface area contributed by atoms with Crippen molar-refractivity contribution in [2.75, 3.05) is 7.11 Å². The number of aryl methyl sites for hydroxylation is 2. The SMILES string of the molecule is COc1ccc(COC(/C=C\C[C@H](C)O)[C@H]2OC(C)(C)O[C@H]2C/C=C/c2cc(C)cc(C)c2C(=O)O)cc1. The summed E-state index contributed by atoms with van der Waals surface area (Å²) in [6.07, 6.45) is 6.98. The number of ether oxygens (including phenoxy) is 4. The third-order valence-electron chi connectivity index (χ3n) is 6.34. The van der Waals surface area contributed by atoms with Gasteiger partial charge in [-0.15, -0.1) is 0 Å². The molecule has 206 valence electrons. The highest BCUT2D eigenvalue weighted by atomic mass is 16.8. The number of methoxy groups -OCH3 is 1. The van der Waals surface area contributed by atoms with Gasteiger partial charge in [-0.3, -0.25) is 0 Å². The van der Waals surface area contributed by atoms with Crippen molar-refractivity contribution in [3.05, 3.63) is 82.4 Å². The number of carbonyl (C=O) groups is 1. The lowest BCUT2D eigenvalue weighted by atomic mass is 9.97. The third-order valence-corrected chi connectivity index (χ3v) is 6.34. The van der Waals surface area contributed by atoms with E-state index >= 15 is 0 Å². The maximum Gasteiger partial charge on any atom is 0.336 e. The van der Waals surface area contributed by atoms with Crippen molar-refractivity contribution in [2.24, 2.45) is 0 Å². The molecule has 0 bridgehead atoms. The van der Waals surface area contributed by atoms with Crippen LogP contribution in [0.3, 0.4) is 0 Å². The number of rotatable bonds is 12. The molecule has 2 aromatic rings. The lowest BCUT2D eigenvalue weighted by Gasteiger charge is -2.24. The average Bonchev–Trinajstić information content (AvgIpc) is 3.14. The van der Waals surface area contributed by atoms with Crippen LogP contribution in [0.4, 0.5) is 0 Å². The van der Waals surface area contributed by atoms with Crippen LogP contribution in [0.2, 0.25) is 0 Å². The van der Waals surface area contributed by atoms with Crippen molar-refractivity contribution in [3.63, 3.8) is 0 Å². The lowest BCUT2D eigenvalue weighted by molar-refractivity contribution is -0.156. The summed E-state index contributed by atoms with van der Waals surface area (Å²) in [5, 5.41) is 19.4. The molecule has 7 nitrogen and oxygen atoms in total. The Morgan fingerprint density at radius 2 is 1.84 bits per heavy atom. The molecule has 2 N–H and O–H groups in total. The lowest BCUT2D eigenvalue weighted by Crippen LogP contribution is -2.36. The molecule has 0 spiro atoms. The van der Waals surface area contributed by atoms with Gasteiger partial charge in [0.15, 0.2) is 5.79 Å². The van der Waals surface area contributed by atoms with Gasteiger partial charge in [0.1, 0.15) is 18.0 Å². The van der Waals surface area contributed by atoms with Crippen LogP contribution in [-0.2, 0) is 20.8 Å². The number of benzene rings is 2. The molecule has 7 heteroatoms. The summed E-state index contributed by atoms with van der Waals surface area (Å²) in [6, 6.07) is 11.4. The predicted molar refractivity (Wildman–Crippen MR) is 147 cm³/mol. The van der Waals surface area contributed by atoms with Crippen molar-refractivity contribution in [1.29, 1.82) is 0 Å². The van der Waals surface area contributed by atoms with Gasteiger partial charge in [-0.1, -0.05) is 54.1 Å². The fourth-order valence-corrected chi connectivity index (χ4v) is 4.66. The van der Waals surface area contributed by atoms with Gasteiger partial charge in [0, 0.05) is 0 Å². The number of carboxylic acid groups (broad SMARTS) is 1. The molecule has 4 atom stereocenters. The van der Waals surface area contributed by atoms with Gasteiger partial charge in [-0.25, -0.2) is 4.79 Å². The zero-order chi connectivity index (χ0) is 27.9. The number of aromatic carboxylic acids is 1. The quantitative estimate of drug-likeness (QED) is 0.337. The number of hydrogen-bond donors (Lipinski definition) is 2. The third kappa shape index (κ3) is 8.27. The molecule has 1 aliphatic rings. The number of aliphatic hydroxyl groups is 1. The molecule has 1 unspecified atom stereocenters. The zero-order valence-corrected chi connectivity index (χ0v) is 23.1. The van der Waals surface area contributed by atoms with Gasteiger partial charge >= 0.3 is 5.97 Å². The molecule has 1 fully saturated rings. The Morgan fingerprint density at radius 1 is 1.13 bits per heavy atom. The van der Waals surface area contributed by atoms with Crippen molar-refractivity contribution in [3.8, 4) is 5.75 Å². The van der Waals surface area contributed by atoms with E-state index in [1.165, 1.54) is 0 Å². The second kappa shape index (κ2) is 13.2. The van der Waals surface area contributed by atoms with E-state index in [4.69, 9.17) is 18.9 Å². The van der Waals surface area contributed by atoms with Crippen molar-refractivity contribution in [1.82, 2.24) is 0 Å². The number of aliphatic hydroxyl groups excluding tert-OH is 1. The van der Waals surface area contributed by atoms with Crippen LogP contribution in [-0.4, -0.2) is 53.5 Å². The normalized spacial score (nSPS) is 20.7. The van der Waals surface area contributed by atoms with E-state index in [0.29, 0.717) is 30.6 Å². The molecule has 0 aliphatic carbocycles. The van der Waals surface area contributed by atoms with Gasteiger partial charge in [0.05, 0.1) is 31.5 Å². The zero-order valence-electron chi connectivity index (χ0n) is 23.1. The van der Waals surface area contributed by atoms with Gasteiger partial charge in [-0.05, 0) is 76.3 Å². The summed E-state index contributed by atoms with van der Waals surface area (Å²) >= 11 is 0. The van der Waals surface area contributed by atoms with Crippen LogP contribution >= 0.6 is 0 Å². The van der Waals surface area contributed by atoms with E-state index in [0.717, 1.165) is 22.4 Å². The molecule has 0 radical (unpaired) electrons. The first-order valence-electron chi connectivity index (χ1n) is 12.9. The fraction of sp³-hybridized carbons (Fsp3) is 0.452. The molecule has 0 aromatic heterocycles. The van der Waals surface area contributed by atoms with Crippen molar-refractivity contribution in [2.45, 2.75) is 84.3 Å². The molecule has 0 amide bonds. The number of hydrogen-bond acceptors (Lipinski definition) is 6. The highest BCUT2D eigenvalue weighted by molar-refractivity contribution is 5.94. The molecule has 1 aliphatic heterocycles. The Bertz CT molecular complexity index is 1130. The Morgan fingerprint density at radius 3 is 2.47 bits per heavy atom. The van der Waals surface area contributed by atoms with Gasteiger partial charge in [0.25, 0.3) is 0 Å². The summed E-state index contributed by atoms with van der Waals surface area (Å²) in [7, 11) is 1.63. The fourth-order valence-electron chi connectivity index (χ4n) is 4.66. The van der Waals surface area contributed by atoms with Crippen LogP contribution < -0.4 is 4.74 Å². The Hall–Kier alpha value is -2.97. The minimum absolute atomic E-state index is 0.300. The van der Waals surface area contributed by atoms with Crippen LogP contribution in [0.5, 0.6) is 5.75 Å². The van der Waals surface area contributed by atoms with E-state index in [1.807, 2.05) is 88.4 Å². The first kappa shape index (κ1) is 29.6. The van der Waals surface area contributed by atoms with Crippen molar-refractivity contribution >= 4 is 12.0 Å². The second-order valence-electron chi connectivity index (χ2n) is 10.3. The highest BCUT2D eigenvalue weighted by Gasteiger charge is 2.44. The van der Waals surface area contributed by atoms with E-state index < -0.39 is 30.1 Å². The topological polar surface area (TPSA) is 94.5 Å². The monoisotopic (exact) mass is 524 g/mol.